The molecule has 1 unspecified atom stereocenters. The lowest BCUT2D eigenvalue weighted by atomic mass is 10.2. The molecule has 1 N–H and O–H groups in total. The predicted molar refractivity (Wildman–Crippen MR) is 67.8 cm³/mol. The van der Waals surface area contributed by atoms with Crippen LogP contribution in [0.4, 0.5) is 6.01 Å². The van der Waals surface area contributed by atoms with Gasteiger partial charge in [-0.1, -0.05) is 16.7 Å². The molecule has 19 heavy (non-hydrogen) atoms. The smallest absolute Gasteiger partial charge is 0.315 e. The standard InChI is InChI=1S/C11H14ClN5O2/c1-17-8(7(12)5-14-17)6-13-11-16-15-10(19-11)9-3-2-4-18-9/h5,9H,2-4,6H2,1H3,(H,13,16). The minimum atomic E-state index is -0.0664. The number of halogens is 1. The van der Waals surface area contributed by atoms with Crippen molar-refractivity contribution in [3.05, 3.63) is 22.8 Å². The molecule has 0 spiro atoms. The third-order valence-electron chi connectivity index (χ3n) is 3.06. The van der Waals surface area contributed by atoms with Crippen LogP contribution >= 0.6 is 11.6 Å². The molecule has 2 aromatic rings. The first kappa shape index (κ1) is 12.4. The average molecular weight is 284 g/mol. The quantitative estimate of drug-likeness (QED) is 0.923. The Labute approximate surface area is 114 Å². The zero-order valence-electron chi connectivity index (χ0n) is 10.5. The Morgan fingerprint density at radius 1 is 1.53 bits per heavy atom. The van der Waals surface area contributed by atoms with Crippen molar-refractivity contribution in [2.24, 2.45) is 7.05 Å². The summed E-state index contributed by atoms with van der Waals surface area (Å²) in [6.07, 6.45) is 3.49. The second-order valence-corrected chi connectivity index (χ2v) is 4.77. The largest absolute Gasteiger partial charge is 0.405 e. The average Bonchev–Trinajstić information content (AvgIpc) is 3.10. The van der Waals surface area contributed by atoms with Gasteiger partial charge in [-0.3, -0.25) is 4.68 Å². The molecule has 2 aromatic heterocycles. The molecule has 102 valence electrons. The van der Waals surface area contributed by atoms with Gasteiger partial charge in [0, 0.05) is 13.7 Å². The van der Waals surface area contributed by atoms with Crippen LogP contribution in [-0.2, 0) is 18.3 Å². The second-order valence-electron chi connectivity index (χ2n) is 4.36. The lowest BCUT2D eigenvalue weighted by molar-refractivity contribution is 0.0897. The number of aromatic nitrogens is 4. The summed E-state index contributed by atoms with van der Waals surface area (Å²) in [7, 11) is 1.83. The van der Waals surface area contributed by atoms with Crippen molar-refractivity contribution in [1.82, 2.24) is 20.0 Å². The highest BCUT2D eigenvalue weighted by Crippen LogP contribution is 2.28. The van der Waals surface area contributed by atoms with Crippen LogP contribution in [0.3, 0.4) is 0 Å². The van der Waals surface area contributed by atoms with Crippen LogP contribution in [0.1, 0.15) is 30.5 Å². The lowest BCUT2D eigenvalue weighted by Gasteiger charge is -2.04. The first-order chi connectivity index (χ1) is 9.24. The van der Waals surface area contributed by atoms with Crippen molar-refractivity contribution in [2.45, 2.75) is 25.5 Å². The van der Waals surface area contributed by atoms with Gasteiger partial charge < -0.3 is 14.5 Å². The number of hydrogen-bond acceptors (Lipinski definition) is 6. The van der Waals surface area contributed by atoms with Gasteiger partial charge in [0.25, 0.3) is 0 Å². The van der Waals surface area contributed by atoms with Gasteiger partial charge in [0.1, 0.15) is 6.10 Å². The molecule has 1 aliphatic rings. The molecule has 1 saturated heterocycles. The van der Waals surface area contributed by atoms with Crippen LogP contribution in [0.25, 0.3) is 0 Å². The summed E-state index contributed by atoms with van der Waals surface area (Å²) < 4.78 is 12.7. The third kappa shape index (κ3) is 2.57. The van der Waals surface area contributed by atoms with Gasteiger partial charge in [-0.25, -0.2) is 0 Å². The Bertz CT molecular complexity index is 542. The van der Waals surface area contributed by atoms with Crippen LogP contribution in [0, 0.1) is 0 Å². The maximum atomic E-state index is 6.01. The van der Waals surface area contributed by atoms with Crippen molar-refractivity contribution in [2.75, 3.05) is 11.9 Å². The zero-order chi connectivity index (χ0) is 13.2. The molecular weight excluding hydrogens is 270 g/mol. The van der Waals surface area contributed by atoms with E-state index in [1.54, 1.807) is 10.9 Å². The zero-order valence-corrected chi connectivity index (χ0v) is 11.2. The van der Waals surface area contributed by atoms with Crippen molar-refractivity contribution in [1.29, 1.82) is 0 Å². The summed E-state index contributed by atoms with van der Waals surface area (Å²) >= 11 is 6.01. The molecule has 1 aliphatic heterocycles. The summed E-state index contributed by atoms with van der Waals surface area (Å²) in [5, 5.41) is 15.6. The maximum Gasteiger partial charge on any atom is 0.315 e. The number of nitrogens with one attached hydrogen (secondary N) is 1. The fourth-order valence-corrected chi connectivity index (χ4v) is 2.24. The van der Waals surface area contributed by atoms with Gasteiger partial charge in [0.2, 0.25) is 5.89 Å². The second kappa shape index (κ2) is 5.18. The van der Waals surface area contributed by atoms with Crippen molar-refractivity contribution < 1.29 is 9.15 Å². The maximum absolute atomic E-state index is 6.01. The normalized spacial score (nSPS) is 18.9. The Hall–Kier alpha value is -1.60. The Morgan fingerprint density at radius 3 is 3.11 bits per heavy atom. The third-order valence-corrected chi connectivity index (χ3v) is 3.38. The monoisotopic (exact) mass is 283 g/mol. The van der Waals surface area contributed by atoms with Crippen molar-refractivity contribution in [3.8, 4) is 0 Å². The fraction of sp³-hybridized carbons (Fsp3) is 0.545. The molecule has 0 bridgehead atoms. The number of ether oxygens (including phenoxy) is 1. The van der Waals surface area contributed by atoms with Gasteiger partial charge in [0.15, 0.2) is 0 Å². The van der Waals surface area contributed by atoms with Gasteiger partial charge in [-0.2, -0.15) is 5.10 Å². The van der Waals surface area contributed by atoms with E-state index in [1.807, 2.05) is 7.05 Å². The minimum absolute atomic E-state index is 0.0664. The Morgan fingerprint density at radius 2 is 2.42 bits per heavy atom. The van der Waals surface area contributed by atoms with E-state index in [4.69, 9.17) is 20.8 Å². The summed E-state index contributed by atoms with van der Waals surface area (Å²) in [5.41, 5.74) is 0.860. The molecule has 1 fully saturated rings. The van der Waals surface area contributed by atoms with Gasteiger partial charge >= 0.3 is 6.01 Å². The van der Waals surface area contributed by atoms with Crippen LogP contribution in [0.15, 0.2) is 10.6 Å². The first-order valence-corrected chi connectivity index (χ1v) is 6.47. The molecule has 7 nitrogen and oxygen atoms in total. The molecule has 0 amide bonds. The van der Waals surface area contributed by atoms with Crippen LogP contribution in [0.2, 0.25) is 5.02 Å². The van der Waals surface area contributed by atoms with Crippen LogP contribution in [-0.4, -0.2) is 26.6 Å². The molecule has 0 aromatic carbocycles. The summed E-state index contributed by atoms with van der Waals surface area (Å²) in [4.78, 5) is 0. The predicted octanol–water partition coefficient (Wildman–Crippen LogP) is 1.92. The lowest BCUT2D eigenvalue weighted by Crippen LogP contribution is -2.06. The highest BCUT2D eigenvalue weighted by molar-refractivity contribution is 6.31. The summed E-state index contributed by atoms with van der Waals surface area (Å²) in [6.45, 7) is 1.23. The van der Waals surface area contributed by atoms with Crippen molar-refractivity contribution in [3.63, 3.8) is 0 Å². The first-order valence-electron chi connectivity index (χ1n) is 6.09. The molecule has 0 aliphatic carbocycles. The summed E-state index contributed by atoms with van der Waals surface area (Å²) in [6, 6.07) is 0.364. The fourth-order valence-electron chi connectivity index (χ4n) is 2.00. The highest BCUT2D eigenvalue weighted by atomic mass is 35.5. The van der Waals surface area contributed by atoms with E-state index in [9.17, 15) is 0 Å². The molecule has 8 heteroatoms. The number of nitrogens with zero attached hydrogens (tertiary/aromatic N) is 4. The van der Waals surface area contributed by atoms with Gasteiger partial charge in [-0.15, -0.1) is 5.10 Å². The van der Waals surface area contributed by atoms with E-state index in [2.05, 4.69) is 20.6 Å². The van der Waals surface area contributed by atoms with Crippen LogP contribution in [0.5, 0.6) is 0 Å². The molecule has 3 heterocycles. The van der Waals surface area contributed by atoms with Crippen molar-refractivity contribution >= 4 is 17.6 Å². The van der Waals surface area contributed by atoms with Crippen LogP contribution < -0.4 is 5.32 Å². The van der Waals surface area contributed by atoms with E-state index in [0.29, 0.717) is 23.5 Å². The molecule has 1 atom stereocenters. The number of anilines is 1. The number of rotatable bonds is 4. The molecular formula is C11H14ClN5O2. The summed E-state index contributed by atoms with van der Waals surface area (Å²) in [5.74, 6) is 0.524. The molecule has 0 radical (unpaired) electrons. The van der Waals surface area contributed by atoms with Gasteiger partial charge in [0.05, 0.1) is 23.5 Å². The van der Waals surface area contributed by atoms with Gasteiger partial charge in [-0.05, 0) is 12.8 Å². The molecule has 3 rings (SSSR count). The SMILES string of the molecule is Cn1ncc(Cl)c1CNc1nnc(C2CCCO2)o1. The Balaban J connectivity index is 1.64. The molecule has 0 saturated carbocycles. The minimum Gasteiger partial charge on any atom is -0.405 e. The van der Waals surface area contributed by atoms with E-state index < -0.39 is 0 Å². The Kier molecular flexibility index (Phi) is 3.39. The topological polar surface area (TPSA) is 78.0 Å². The van der Waals surface area contributed by atoms with E-state index in [-0.39, 0.29) is 6.10 Å². The highest BCUT2D eigenvalue weighted by Gasteiger charge is 2.23. The van der Waals surface area contributed by atoms with E-state index in [1.165, 1.54) is 0 Å². The van der Waals surface area contributed by atoms with E-state index in [0.717, 1.165) is 25.1 Å². The number of hydrogen-bond donors (Lipinski definition) is 1. The number of aryl methyl sites for hydroxylation is 1. The van der Waals surface area contributed by atoms with E-state index >= 15 is 0 Å².